The summed E-state index contributed by atoms with van der Waals surface area (Å²) < 4.78 is 24.7. The first kappa shape index (κ1) is 18.3. The third kappa shape index (κ3) is 3.96. The van der Waals surface area contributed by atoms with Gasteiger partial charge in [-0.2, -0.15) is 0 Å². The van der Waals surface area contributed by atoms with Crippen LogP contribution >= 0.6 is 11.8 Å². The quantitative estimate of drug-likeness (QED) is 0.872. The third-order valence-corrected chi connectivity index (χ3v) is 6.43. The normalized spacial score (nSPS) is 21.0. The average Bonchev–Trinajstić information content (AvgIpc) is 2.73. The lowest BCUT2D eigenvalue weighted by Crippen LogP contribution is -2.49. The number of para-hydroxylation sites is 1. The number of rotatable bonds is 4. The number of benzene rings is 2. The number of fused-ring (bicyclic) bond motifs is 1. The number of hydrogen-bond acceptors (Lipinski definition) is 4. The Kier molecular flexibility index (Phi) is 5.36. The molecular formula is C21H22FNO3S. The van der Waals surface area contributed by atoms with Crippen molar-refractivity contribution in [2.24, 2.45) is 0 Å². The predicted molar refractivity (Wildman–Crippen MR) is 103 cm³/mol. The first-order valence-electron chi connectivity index (χ1n) is 9.16. The highest BCUT2D eigenvalue weighted by molar-refractivity contribution is 7.99. The number of ether oxygens (including phenoxy) is 2. The van der Waals surface area contributed by atoms with E-state index in [0.717, 1.165) is 29.1 Å². The largest absolute Gasteiger partial charge is 0.479 e. The molecule has 1 atom stereocenters. The zero-order chi connectivity index (χ0) is 18.7. The summed E-state index contributed by atoms with van der Waals surface area (Å²) in [7, 11) is 0. The Bertz CT molecular complexity index is 805. The summed E-state index contributed by atoms with van der Waals surface area (Å²) in [6.45, 7) is 1.76. The van der Waals surface area contributed by atoms with E-state index in [1.54, 1.807) is 11.8 Å². The summed E-state index contributed by atoms with van der Waals surface area (Å²) in [5.74, 6) is 0.990. The molecule has 2 aliphatic heterocycles. The van der Waals surface area contributed by atoms with Gasteiger partial charge >= 0.3 is 0 Å². The van der Waals surface area contributed by atoms with Gasteiger partial charge in [-0.15, -0.1) is 11.8 Å². The number of halogens is 1. The molecule has 2 aliphatic rings. The fourth-order valence-corrected chi connectivity index (χ4v) is 4.64. The zero-order valence-corrected chi connectivity index (χ0v) is 15.8. The standard InChI is InChI=1S/C21H22FNO3S/c22-16-7-5-15(6-8-16)21(9-11-25-12-10-21)14-23-20(24)18-13-27-19-4-2-1-3-17(19)26-18/h1-8,18H,9-14H2,(H,23,24). The Morgan fingerprint density at radius 3 is 2.67 bits per heavy atom. The van der Waals surface area contributed by atoms with Gasteiger partial charge in [-0.25, -0.2) is 4.39 Å². The molecule has 0 bridgehead atoms. The van der Waals surface area contributed by atoms with E-state index in [4.69, 9.17) is 9.47 Å². The van der Waals surface area contributed by atoms with Gasteiger partial charge in [0, 0.05) is 35.8 Å². The van der Waals surface area contributed by atoms with Gasteiger partial charge in [0.05, 0.1) is 0 Å². The van der Waals surface area contributed by atoms with Gasteiger partial charge in [0.2, 0.25) is 0 Å². The molecule has 2 aromatic carbocycles. The van der Waals surface area contributed by atoms with Crippen LogP contribution in [0.4, 0.5) is 4.39 Å². The van der Waals surface area contributed by atoms with E-state index >= 15 is 0 Å². The van der Waals surface area contributed by atoms with Crippen LogP contribution in [0, 0.1) is 5.82 Å². The fraction of sp³-hybridized carbons (Fsp3) is 0.381. The molecule has 27 heavy (non-hydrogen) atoms. The number of hydrogen-bond donors (Lipinski definition) is 1. The van der Waals surface area contributed by atoms with Crippen LogP contribution in [-0.4, -0.2) is 37.5 Å². The first-order valence-corrected chi connectivity index (χ1v) is 10.1. The van der Waals surface area contributed by atoms with E-state index < -0.39 is 6.10 Å². The van der Waals surface area contributed by atoms with Crippen LogP contribution in [0.15, 0.2) is 53.4 Å². The van der Waals surface area contributed by atoms with Gasteiger partial charge in [0.15, 0.2) is 6.10 Å². The molecule has 1 fully saturated rings. The molecular weight excluding hydrogens is 365 g/mol. The second-order valence-corrected chi connectivity index (χ2v) is 8.04. The van der Waals surface area contributed by atoms with Crippen LogP contribution in [0.2, 0.25) is 0 Å². The number of thioether (sulfide) groups is 1. The van der Waals surface area contributed by atoms with Crippen LogP contribution in [0.5, 0.6) is 5.75 Å². The predicted octanol–water partition coefficient (Wildman–Crippen LogP) is 3.54. The molecule has 1 unspecified atom stereocenters. The lowest BCUT2D eigenvalue weighted by atomic mass is 9.74. The Labute approximate surface area is 162 Å². The van der Waals surface area contributed by atoms with Crippen molar-refractivity contribution in [2.45, 2.75) is 29.3 Å². The summed E-state index contributed by atoms with van der Waals surface area (Å²) in [6.07, 6.45) is 1.08. The highest BCUT2D eigenvalue weighted by atomic mass is 32.2. The minimum absolute atomic E-state index is 0.106. The number of nitrogens with one attached hydrogen (secondary N) is 1. The van der Waals surface area contributed by atoms with Gasteiger partial charge in [0.1, 0.15) is 11.6 Å². The minimum atomic E-state index is -0.505. The maximum atomic E-state index is 13.3. The van der Waals surface area contributed by atoms with E-state index in [-0.39, 0.29) is 17.1 Å². The van der Waals surface area contributed by atoms with E-state index in [1.165, 1.54) is 12.1 Å². The van der Waals surface area contributed by atoms with Gasteiger partial charge < -0.3 is 14.8 Å². The average molecular weight is 387 g/mol. The monoisotopic (exact) mass is 387 g/mol. The minimum Gasteiger partial charge on any atom is -0.479 e. The summed E-state index contributed by atoms with van der Waals surface area (Å²) in [6, 6.07) is 14.3. The van der Waals surface area contributed by atoms with E-state index in [0.29, 0.717) is 25.5 Å². The number of amides is 1. The molecule has 2 aromatic rings. The van der Waals surface area contributed by atoms with Gasteiger partial charge in [-0.05, 0) is 42.7 Å². The molecule has 142 valence electrons. The Morgan fingerprint density at radius 1 is 1.15 bits per heavy atom. The van der Waals surface area contributed by atoms with Gasteiger partial charge in [0.25, 0.3) is 5.91 Å². The smallest absolute Gasteiger partial charge is 0.261 e. The van der Waals surface area contributed by atoms with Crippen LogP contribution in [0.3, 0.4) is 0 Å². The lowest BCUT2D eigenvalue weighted by molar-refractivity contribution is -0.127. The topological polar surface area (TPSA) is 47.6 Å². The molecule has 2 heterocycles. The fourth-order valence-electron chi connectivity index (χ4n) is 3.65. The summed E-state index contributed by atoms with van der Waals surface area (Å²) in [5, 5.41) is 3.08. The molecule has 0 aromatic heterocycles. The van der Waals surface area contributed by atoms with Crippen LogP contribution < -0.4 is 10.1 Å². The van der Waals surface area contributed by atoms with Crippen LogP contribution in [0.25, 0.3) is 0 Å². The molecule has 6 heteroatoms. The summed E-state index contributed by atoms with van der Waals surface area (Å²) in [5.41, 5.74) is 0.804. The maximum Gasteiger partial charge on any atom is 0.261 e. The molecule has 4 rings (SSSR count). The first-order chi connectivity index (χ1) is 13.2. The SMILES string of the molecule is O=C(NCC1(c2ccc(F)cc2)CCOCC1)C1CSc2ccccc2O1. The molecule has 0 radical (unpaired) electrons. The van der Waals surface area contributed by atoms with Crippen molar-refractivity contribution in [3.63, 3.8) is 0 Å². The zero-order valence-electron chi connectivity index (χ0n) is 14.9. The molecule has 4 nitrogen and oxygen atoms in total. The van der Waals surface area contributed by atoms with Crippen molar-refractivity contribution in [2.75, 3.05) is 25.5 Å². The van der Waals surface area contributed by atoms with Crippen LogP contribution in [0.1, 0.15) is 18.4 Å². The van der Waals surface area contributed by atoms with Crippen molar-refractivity contribution in [3.8, 4) is 5.75 Å². The number of carbonyl (C=O) groups is 1. The molecule has 0 spiro atoms. The van der Waals surface area contributed by atoms with Crippen molar-refractivity contribution in [3.05, 3.63) is 59.9 Å². The third-order valence-electron chi connectivity index (χ3n) is 5.31. The van der Waals surface area contributed by atoms with Crippen molar-refractivity contribution in [1.82, 2.24) is 5.32 Å². The van der Waals surface area contributed by atoms with Crippen LogP contribution in [-0.2, 0) is 14.9 Å². The van der Waals surface area contributed by atoms with Crippen molar-refractivity contribution >= 4 is 17.7 Å². The molecule has 1 saturated heterocycles. The summed E-state index contributed by atoms with van der Waals surface area (Å²) >= 11 is 1.64. The van der Waals surface area contributed by atoms with Gasteiger partial charge in [-0.3, -0.25) is 4.79 Å². The second-order valence-electron chi connectivity index (χ2n) is 6.98. The molecule has 1 N–H and O–H groups in total. The molecule has 0 saturated carbocycles. The second kappa shape index (κ2) is 7.90. The van der Waals surface area contributed by atoms with Crippen molar-refractivity contribution in [1.29, 1.82) is 0 Å². The Balaban J connectivity index is 1.45. The number of carbonyl (C=O) groups excluding carboxylic acids is 1. The maximum absolute atomic E-state index is 13.3. The molecule has 0 aliphatic carbocycles. The van der Waals surface area contributed by atoms with Gasteiger partial charge in [-0.1, -0.05) is 24.3 Å². The highest BCUT2D eigenvalue weighted by Crippen LogP contribution is 2.36. The molecule has 1 amide bonds. The van der Waals surface area contributed by atoms with E-state index in [2.05, 4.69) is 5.32 Å². The Hall–Kier alpha value is -2.05. The van der Waals surface area contributed by atoms with Crippen molar-refractivity contribution < 1.29 is 18.7 Å². The highest BCUT2D eigenvalue weighted by Gasteiger charge is 2.36. The summed E-state index contributed by atoms with van der Waals surface area (Å²) in [4.78, 5) is 13.8. The van der Waals surface area contributed by atoms with E-state index in [9.17, 15) is 9.18 Å². The lowest BCUT2D eigenvalue weighted by Gasteiger charge is -2.38. The van der Waals surface area contributed by atoms with E-state index in [1.807, 2.05) is 36.4 Å². The Morgan fingerprint density at radius 2 is 1.89 bits per heavy atom.